The summed E-state index contributed by atoms with van der Waals surface area (Å²) >= 11 is 0.864. The minimum absolute atomic E-state index is 0.260. The molecule has 1 heterocycles. The van der Waals surface area contributed by atoms with Crippen LogP contribution in [0.25, 0.3) is 6.08 Å². The van der Waals surface area contributed by atoms with Gasteiger partial charge in [-0.05, 0) is 47.2 Å². The standard InChI is InChI=1S/C20H19N3O5S/c1-27-19(25)16(22)9-12-4-7-14(10-15(12)21)28-13-5-2-11(3-6-13)8-17-18(24)23-20(26)29-17/h2-8,10,16H,9,21-22H2,1H3,(H,23,24,26)/b17-8+. The van der Waals surface area contributed by atoms with Crippen LogP contribution in [0.1, 0.15) is 11.1 Å². The summed E-state index contributed by atoms with van der Waals surface area (Å²) in [5.74, 6) is 0.200. The van der Waals surface area contributed by atoms with Gasteiger partial charge in [-0.3, -0.25) is 19.7 Å². The quantitative estimate of drug-likeness (QED) is 0.373. The Morgan fingerprint density at radius 1 is 1.17 bits per heavy atom. The Hall–Kier alpha value is -3.30. The lowest BCUT2D eigenvalue weighted by Crippen LogP contribution is -2.33. The smallest absolute Gasteiger partial charge is 0.322 e. The predicted octanol–water partition coefficient (Wildman–Crippen LogP) is 2.43. The van der Waals surface area contributed by atoms with Gasteiger partial charge in [0.15, 0.2) is 0 Å². The van der Waals surface area contributed by atoms with Crippen LogP contribution >= 0.6 is 11.8 Å². The van der Waals surface area contributed by atoms with Gasteiger partial charge in [-0.15, -0.1) is 0 Å². The number of nitrogen functional groups attached to an aromatic ring is 1. The minimum Gasteiger partial charge on any atom is -0.468 e. The van der Waals surface area contributed by atoms with E-state index in [9.17, 15) is 14.4 Å². The zero-order valence-electron chi connectivity index (χ0n) is 15.5. The third-order valence-corrected chi connectivity index (χ3v) is 4.93. The Bertz CT molecular complexity index is 988. The van der Waals surface area contributed by atoms with Crippen molar-refractivity contribution in [3.63, 3.8) is 0 Å². The summed E-state index contributed by atoms with van der Waals surface area (Å²) in [7, 11) is 1.28. The molecule has 1 unspecified atom stereocenters. The normalized spacial score (nSPS) is 15.9. The molecule has 0 radical (unpaired) electrons. The number of anilines is 1. The summed E-state index contributed by atoms with van der Waals surface area (Å²) in [6.45, 7) is 0. The fraction of sp³-hybridized carbons (Fsp3) is 0.150. The maximum Gasteiger partial charge on any atom is 0.322 e. The van der Waals surface area contributed by atoms with Crippen LogP contribution in [0, 0.1) is 0 Å². The number of carbonyl (C=O) groups is 3. The summed E-state index contributed by atoms with van der Waals surface area (Å²) in [4.78, 5) is 34.6. The number of ether oxygens (including phenoxy) is 2. The number of hydrogen-bond donors (Lipinski definition) is 3. The highest BCUT2D eigenvalue weighted by atomic mass is 32.2. The third kappa shape index (κ3) is 5.15. The maximum absolute atomic E-state index is 11.6. The SMILES string of the molecule is COC(=O)C(N)Cc1ccc(Oc2ccc(/C=C3/SC(=O)NC3=O)cc2)cc1N. The average molecular weight is 413 g/mol. The van der Waals surface area contributed by atoms with E-state index in [2.05, 4.69) is 10.1 Å². The molecule has 2 aromatic carbocycles. The van der Waals surface area contributed by atoms with E-state index < -0.39 is 17.9 Å². The van der Waals surface area contributed by atoms with Crippen molar-refractivity contribution in [2.45, 2.75) is 12.5 Å². The highest BCUT2D eigenvalue weighted by Gasteiger charge is 2.24. The molecule has 8 nitrogen and oxygen atoms in total. The van der Waals surface area contributed by atoms with Crippen LogP contribution < -0.4 is 21.5 Å². The molecule has 0 aliphatic carbocycles. The third-order valence-electron chi connectivity index (χ3n) is 4.12. The highest BCUT2D eigenvalue weighted by molar-refractivity contribution is 8.18. The molecule has 1 aliphatic heterocycles. The molecule has 0 spiro atoms. The number of nitrogens with two attached hydrogens (primary N) is 2. The maximum atomic E-state index is 11.6. The molecule has 1 saturated heterocycles. The number of esters is 1. The number of nitrogens with one attached hydrogen (secondary N) is 1. The molecule has 2 aromatic rings. The predicted molar refractivity (Wildman–Crippen MR) is 110 cm³/mol. The first-order chi connectivity index (χ1) is 13.9. The van der Waals surface area contributed by atoms with E-state index in [1.54, 1.807) is 48.5 Å². The number of benzene rings is 2. The number of carbonyl (C=O) groups excluding carboxylic acids is 3. The highest BCUT2D eigenvalue weighted by Crippen LogP contribution is 2.28. The monoisotopic (exact) mass is 413 g/mol. The van der Waals surface area contributed by atoms with Gasteiger partial charge in [0.05, 0.1) is 12.0 Å². The molecule has 1 atom stereocenters. The van der Waals surface area contributed by atoms with Gasteiger partial charge in [-0.25, -0.2) is 0 Å². The lowest BCUT2D eigenvalue weighted by molar-refractivity contribution is -0.142. The Labute approximate surface area is 171 Å². The summed E-state index contributed by atoms with van der Waals surface area (Å²) < 4.78 is 10.4. The Morgan fingerprint density at radius 3 is 2.45 bits per heavy atom. The second-order valence-electron chi connectivity index (χ2n) is 6.22. The number of amides is 2. The van der Waals surface area contributed by atoms with E-state index in [-0.39, 0.29) is 11.7 Å². The van der Waals surface area contributed by atoms with Gasteiger partial charge in [-0.2, -0.15) is 0 Å². The fourth-order valence-corrected chi connectivity index (χ4v) is 3.32. The van der Waals surface area contributed by atoms with Crippen LogP contribution in [0.3, 0.4) is 0 Å². The fourth-order valence-electron chi connectivity index (χ4n) is 2.63. The second kappa shape index (κ2) is 8.80. The number of methoxy groups -OCH3 is 1. The largest absolute Gasteiger partial charge is 0.468 e. The lowest BCUT2D eigenvalue weighted by Gasteiger charge is -2.13. The van der Waals surface area contributed by atoms with E-state index in [0.717, 1.165) is 22.9 Å². The molecule has 5 N–H and O–H groups in total. The van der Waals surface area contributed by atoms with Gasteiger partial charge in [-0.1, -0.05) is 18.2 Å². The Balaban J connectivity index is 1.66. The van der Waals surface area contributed by atoms with E-state index in [1.165, 1.54) is 7.11 Å². The van der Waals surface area contributed by atoms with Gasteiger partial charge in [0.2, 0.25) is 0 Å². The Kier molecular flexibility index (Phi) is 6.20. The van der Waals surface area contributed by atoms with Crippen LogP contribution in [-0.2, 0) is 20.7 Å². The van der Waals surface area contributed by atoms with Gasteiger partial charge in [0.1, 0.15) is 17.5 Å². The van der Waals surface area contributed by atoms with E-state index >= 15 is 0 Å². The molecule has 0 aromatic heterocycles. The lowest BCUT2D eigenvalue weighted by atomic mass is 10.0. The van der Waals surface area contributed by atoms with E-state index in [4.69, 9.17) is 16.2 Å². The molecule has 150 valence electrons. The summed E-state index contributed by atoms with van der Waals surface area (Å²) in [5.41, 5.74) is 13.7. The second-order valence-corrected chi connectivity index (χ2v) is 7.23. The molecular formula is C20H19N3O5S. The number of thioether (sulfide) groups is 1. The first-order valence-electron chi connectivity index (χ1n) is 8.60. The zero-order chi connectivity index (χ0) is 21.0. The van der Waals surface area contributed by atoms with Crippen molar-refractivity contribution >= 4 is 40.6 Å². The van der Waals surface area contributed by atoms with E-state index in [1.807, 2.05) is 0 Å². The molecule has 3 rings (SSSR count). The average Bonchev–Trinajstić information content (AvgIpc) is 3.01. The number of imide groups is 1. The van der Waals surface area contributed by atoms with Crippen molar-refractivity contribution in [3.8, 4) is 11.5 Å². The van der Waals surface area contributed by atoms with Crippen molar-refractivity contribution in [3.05, 3.63) is 58.5 Å². The van der Waals surface area contributed by atoms with Crippen molar-refractivity contribution in [2.75, 3.05) is 12.8 Å². The summed E-state index contributed by atoms with van der Waals surface area (Å²) in [5, 5.41) is 1.83. The summed E-state index contributed by atoms with van der Waals surface area (Å²) in [6.07, 6.45) is 1.89. The van der Waals surface area contributed by atoms with Crippen LogP contribution in [0.4, 0.5) is 10.5 Å². The molecule has 2 amide bonds. The molecular weight excluding hydrogens is 394 g/mol. The van der Waals surface area contributed by atoms with Crippen molar-refractivity contribution < 1.29 is 23.9 Å². The van der Waals surface area contributed by atoms with Gasteiger partial charge in [0.25, 0.3) is 11.1 Å². The Morgan fingerprint density at radius 2 is 1.86 bits per heavy atom. The molecule has 0 saturated carbocycles. The number of rotatable bonds is 6. The van der Waals surface area contributed by atoms with Gasteiger partial charge in [0, 0.05) is 18.2 Å². The van der Waals surface area contributed by atoms with Crippen LogP contribution in [0.2, 0.25) is 0 Å². The van der Waals surface area contributed by atoms with Gasteiger partial charge >= 0.3 is 5.97 Å². The van der Waals surface area contributed by atoms with Crippen LogP contribution in [0.5, 0.6) is 11.5 Å². The van der Waals surface area contributed by atoms with Crippen LogP contribution in [0.15, 0.2) is 47.4 Å². The van der Waals surface area contributed by atoms with Crippen molar-refractivity contribution in [1.29, 1.82) is 0 Å². The van der Waals surface area contributed by atoms with Crippen molar-refractivity contribution in [2.24, 2.45) is 5.73 Å². The minimum atomic E-state index is -0.786. The molecule has 9 heteroatoms. The van der Waals surface area contributed by atoms with E-state index in [0.29, 0.717) is 22.1 Å². The first-order valence-corrected chi connectivity index (χ1v) is 9.42. The van der Waals surface area contributed by atoms with Crippen LogP contribution in [-0.4, -0.2) is 30.3 Å². The number of hydrogen-bond acceptors (Lipinski definition) is 8. The molecule has 29 heavy (non-hydrogen) atoms. The summed E-state index contributed by atoms with van der Waals surface area (Å²) in [6, 6.07) is 11.4. The molecule has 1 fully saturated rings. The van der Waals surface area contributed by atoms with Gasteiger partial charge < -0.3 is 20.9 Å². The molecule has 1 aliphatic rings. The van der Waals surface area contributed by atoms with Crippen molar-refractivity contribution in [1.82, 2.24) is 5.32 Å². The topological polar surface area (TPSA) is 134 Å². The molecule has 0 bridgehead atoms. The first kappa shape index (κ1) is 20.4. The zero-order valence-corrected chi connectivity index (χ0v) is 16.3.